The number of anilines is 1. The van der Waals surface area contributed by atoms with E-state index < -0.39 is 23.6 Å². The second-order valence-electron chi connectivity index (χ2n) is 12.7. The van der Waals surface area contributed by atoms with Crippen molar-refractivity contribution in [3.63, 3.8) is 0 Å². The SMILES string of the molecule is CC(C)(C)OC(=O)NC[C@H]1CC[C@H](C(=O)N2CC[C@@H](c3ccccc3)[C@H]2C(=O)Nc2ccc3[nH]c(C(N)=O)cc3c2)CC1. The number of carbonyl (C=O) groups is 4. The molecule has 1 aromatic heterocycles. The number of hydrogen-bond acceptors (Lipinski definition) is 5. The highest BCUT2D eigenvalue weighted by atomic mass is 16.6. The summed E-state index contributed by atoms with van der Waals surface area (Å²) in [6, 6.07) is 16.2. The number of nitrogens with two attached hydrogens (primary N) is 1. The van der Waals surface area contributed by atoms with Crippen molar-refractivity contribution in [2.75, 3.05) is 18.4 Å². The largest absolute Gasteiger partial charge is 0.444 e. The van der Waals surface area contributed by atoms with Gasteiger partial charge in [-0.25, -0.2) is 4.79 Å². The van der Waals surface area contributed by atoms with Gasteiger partial charge in [0.1, 0.15) is 17.3 Å². The molecule has 1 saturated carbocycles. The molecule has 0 unspecified atom stereocenters. The summed E-state index contributed by atoms with van der Waals surface area (Å²) < 4.78 is 5.34. The Morgan fingerprint density at radius 1 is 0.977 bits per heavy atom. The molecule has 2 fully saturated rings. The van der Waals surface area contributed by atoms with Gasteiger partial charge in [0.25, 0.3) is 5.91 Å². The van der Waals surface area contributed by atoms with Gasteiger partial charge in [-0.1, -0.05) is 30.3 Å². The number of primary amides is 1. The molecular formula is C33H41N5O5. The van der Waals surface area contributed by atoms with Gasteiger partial charge < -0.3 is 31.0 Å². The van der Waals surface area contributed by atoms with E-state index in [1.165, 1.54) is 0 Å². The number of nitrogens with one attached hydrogen (secondary N) is 3. The maximum atomic E-state index is 13.9. The van der Waals surface area contributed by atoms with Gasteiger partial charge in [0.05, 0.1) is 0 Å². The van der Waals surface area contributed by atoms with Crippen LogP contribution in [-0.2, 0) is 14.3 Å². The van der Waals surface area contributed by atoms with Crippen molar-refractivity contribution in [3.8, 4) is 0 Å². The fourth-order valence-corrected chi connectivity index (χ4v) is 6.36. The van der Waals surface area contributed by atoms with Gasteiger partial charge in [-0.15, -0.1) is 0 Å². The van der Waals surface area contributed by atoms with Gasteiger partial charge in [0.15, 0.2) is 0 Å². The minimum Gasteiger partial charge on any atom is -0.444 e. The summed E-state index contributed by atoms with van der Waals surface area (Å²) in [4.78, 5) is 56.2. The normalized spacial score (nSPS) is 22.3. The standard InChI is InChI=1S/C33H41N5O5/c1-33(2,3)43-32(42)35-19-20-9-11-22(12-10-20)31(41)38-16-15-25(21-7-5-4-6-8-21)28(38)30(40)36-24-13-14-26-23(17-24)18-27(37-26)29(34)39/h4-8,13-14,17-18,20,22,25,28,37H,9-12,15-16,19H2,1-3H3,(H2,34,39)(H,35,42)(H,36,40)/t20-,22-,25-,28-/m0/s1. The van der Waals surface area contributed by atoms with Crippen molar-refractivity contribution in [1.82, 2.24) is 15.2 Å². The van der Waals surface area contributed by atoms with Gasteiger partial charge in [0, 0.05) is 41.5 Å². The fourth-order valence-electron chi connectivity index (χ4n) is 6.36. The minimum absolute atomic E-state index is 0.0179. The Labute approximate surface area is 251 Å². The summed E-state index contributed by atoms with van der Waals surface area (Å²) in [6.45, 7) is 6.53. The van der Waals surface area contributed by atoms with Gasteiger partial charge in [-0.2, -0.15) is 0 Å². The van der Waals surface area contributed by atoms with Gasteiger partial charge in [-0.3, -0.25) is 14.4 Å². The monoisotopic (exact) mass is 587 g/mol. The number of likely N-dealkylation sites (tertiary alicyclic amines) is 1. The first-order valence-electron chi connectivity index (χ1n) is 15.0. The van der Waals surface area contributed by atoms with Crippen molar-refractivity contribution in [2.24, 2.45) is 17.6 Å². The topological polar surface area (TPSA) is 147 Å². The predicted molar refractivity (Wildman–Crippen MR) is 164 cm³/mol. The lowest BCUT2D eigenvalue weighted by molar-refractivity contribution is -0.141. The number of rotatable bonds is 7. The first-order chi connectivity index (χ1) is 20.5. The Morgan fingerprint density at radius 2 is 1.70 bits per heavy atom. The average Bonchev–Trinajstić information content (AvgIpc) is 3.61. The Kier molecular flexibility index (Phi) is 8.75. The molecule has 5 N–H and O–H groups in total. The zero-order valence-corrected chi connectivity index (χ0v) is 25.0. The molecule has 2 heterocycles. The Hall–Kier alpha value is -4.34. The number of alkyl carbamates (subject to hydrolysis) is 1. The Bertz CT molecular complexity index is 1490. The molecule has 1 aliphatic heterocycles. The van der Waals surface area contributed by atoms with Crippen LogP contribution in [-0.4, -0.2) is 58.4 Å². The lowest BCUT2D eigenvalue weighted by Crippen LogP contribution is -2.48. The van der Waals surface area contributed by atoms with Crippen LogP contribution in [0.2, 0.25) is 0 Å². The summed E-state index contributed by atoms with van der Waals surface area (Å²) in [7, 11) is 0. The van der Waals surface area contributed by atoms with Crippen molar-refractivity contribution in [3.05, 3.63) is 65.9 Å². The minimum atomic E-state index is -0.649. The number of carbonyl (C=O) groups excluding carboxylic acids is 4. The van der Waals surface area contributed by atoms with E-state index >= 15 is 0 Å². The highest BCUT2D eigenvalue weighted by Gasteiger charge is 2.44. The molecule has 43 heavy (non-hydrogen) atoms. The second-order valence-corrected chi connectivity index (χ2v) is 12.7. The molecule has 0 bridgehead atoms. The third kappa shape index (κ3) is 7.18. The van der Waals surface area contributed by atoms with Crippen LogP contribution in [0.25, 0.3) is 10.9 Å². The van der Waals surface area contributed by atoms with Crippen LogP contribution >= 0.6 is 0 Å². The number of aromatic amines is 1. The zero-order chi connectivity index (χ0) is 30.7. The van der Waals surface area contributed by atoms with E-state index in [0.29, 0.717) is 43.7 Å². The van der Waals surface area contributed by atoms with E-state index in [-0.39, 0.29) is 29.6 Å². The van der Waals surface area contributed by atoms with E-state index in [1.807, 2.05) is 51.1 Å². The number of H-pyrrole nitrogens is 1. The number of ether oxygens (including phenoxy) is 1. The summed E-state index contributed by atoms with van der Waals surface area (Å²) in [6.07, 6.45) is 3.35. The fraction of sp³-hybridized carbons (Fsp3) is 0.455. The number of amides is 4. The molecular weight excluding hydrogens is 546 g/mol. The molecule has 3 aromatic rings. The maximum absolute atomic E-state index is 13.9. The molecule has 1 saturated heterocycles. The lowest BCUT2D eigenvalue weighted by atomic mass is 9.81. The summed E-state index contributed by atoms with van der Waals surface area (Å²) in [5.41, 5.74) is 7.51. The molecule has 1 aliphatic carbocycles. The van der Waals surface area contributed by atoms with Crippen molar-refractivity contribution in [1.29, 1.82) is 0 Å². The van der Waals surface area contributed by atoms with Crippen LogP contribution in [0.5, 0.6) is 0 Å². The van der Waals surface area contributed by atoms with Crippen LogP contribution in [0.1, 0.15) is 74.8 Å². The first kappa shape index (κ1) is 30.1. The highest BCUT2D eigenvalue weighted by molar-refractivity contribution is 6.01. The van der Waals surface area contributed by atoms with Gasteiger partial charge in [-0.05, 0) is 88.6 Å². The first-order valence-corrected chi connectivity index (χ1v) is 15.0. The number of nitrogens with zero attached hydrogens (tertiary/aromatic N) is 1. The van der Waals surface area contributed by atoms with Crippen molar-refractivity contribution >= 4 is 40.4 Å². The van der Waals surface area contributed by atoms with Crippen LogP contribution in [0.3, 0.4) is 0 Å². The summed E-state index contributed by atoms with van der Waals surface area (Å²) >= 11 is 0. The third-order valence-corrected chi connectivity index (χ3v) is 8.46. The number of aromatic nitrogens is 1. The molecule has 0 radical (unpaired) electrons. The van der Waals surface area contributed by atoms with Crippen LogP contribution in [0.15, 0.2) is 54.6 Å². The van der Waals surface area contributed by atoms with Gasteiger partial charge in [0.2, 0.25) is 11.8 Å². The van der Waals surface area contributed by atoms with E-state index in [1.54, 1.807) is 29.2 Å². The number of fused-ring (bicyclic) bond motifs is 1. The average molecular weight is 588 g/mol. The second kappa shape index (κ2) is 12.5. The van der Waals surface area contributed by atoms with E-state index in [4.69, 9.17) is 10.5 Å². The number of hydrogen-bond donors (Lipinski definition) is 4. The van der Waals surface area contributed by atoms with Crippen LogP contribution < -0.4 is 16.4 Å². The molecule has 10 heteroatoms. The third-order valence-electron chi connectivity index (χ3n) is 8.46. The predicted octanol–water partition coefficient (Wildman–Crippen LogP) is 4.92. The molecule has 228 valence electrons. The van der Waals surface area contributed by atoms with Gasteiger partial charge >= 0.3 is 6.09 Å². The van der Waals surface area contributed by atoms with E-state index in [9.17, 15) is 19.2 Å². The smallest absolute Gasteiger partial charge is 0.407 e. The van der Waals surface area contributed by atoms with E-state index in [0.717, 1.165) is 29.3 Å². The van der Waals surface area contributed by atoms with E-state index in [2.05, 4.69) is 15.6 Å². The molecule has 2 atom stereocenters. The lowest BCUT2D eigenvalue weighted by Gasteiger charge is -2.34. The summed E-state index contributed by atoms with van der Waals surface area (Å²) in [5, 5.41) is 6.65. The molecule has 2 aromatic carbocycles. The molecule has 0 spiro atoms. The van der Waals surface area contributed by atoms with Crippen molar-refractivity contribution < 1.29 is 23.9 Å². The zero-order valence-electron chi connectivity index (χ0n) is 25.0. The quantitative estimate of drug-likeness (QED) is 0.310. The molecule has 2 aliphatic rings. The Morgan fingerprint density at radius 3 is 2.37 bits per heavy atom. The van der Waals surface area contributed by atoms with Crippen molar-refractivity contribution in [2.45, 2.75) is 70.4 Å². The highest BCUT2D eigenvalue weighted by Crippen LogP contribution is 2.38. The Balaban J connectivity index is 1.27. The molecule has 4 amide bonds. The molecule has 5 rings (SSSR count). The maximum Gasteiger partial charge on any atom is 0.407 e. The molecule has 10 nitrogen and oxygen atoms in total. The van der Waals surface area contributed by atoms with Crippen LogP contribution in [0, 0.1) is 11.8 Å². The van der Waals surface area contributed by atoms with Crippen LogP contribution in [0.4, 0.5) is 10.5 Å². The number of benzene rings is 2. The summed E-state index contributed by atoms with van der Waals surface area (Å²) in [5.74, 6) is -0.780.